The van der Waals surface area contributed by atoms with Crippen LogP contribution in [-0.2, 0) is 20.7 Å². The van der Waals surface area contributed by atoms with Crippen molar-refractivity contribution in [2.45, 2.75) is 6.42 Å². The monoisotopic (exact) mass is 313 g/mol. The van der Waals surface area contributed by atoms with Crippen LogP contribution in [0.4, 0.5) is 11.4 Å². The Hall–Kier alpha value is -3.22. The Morgan fingerprint density at radius 3 is 2.61 bits per heavy atom. The highest BCUT2D eigenvalue weighted by Gasteiger charge is 2.16. The zero-order valence-electron chi connectivity index (χ0n) is 12.4. The molecule has 118 valence electrons. The van der Waals surface area contributed by atoms with E-state index in [1.54, 1.807) is 36.7 Å². The number of para-hydroxylation sites is 1. The van der Waals surface area contributed by atoms with Crippen molar-refractivity contribution < 1.29 is 19.1 Å². The Morgan fingerprint density at radius 2 is 1.96 bits per heavy atom. The van der Waals surface area contributed by atoms with Gasteiger partial charge < -0.3 is 15.4 Å². The number of nitrogens with one attached hydrogen (secondary N) is 2. The average Bonchev–Trinajstić information content (AvgIpc) is 2.56. The molecule has 0 fully saturated rings. The molecule has 1 heterocycles. The lowest BCUT2D eigenvalue weighted by molar-refractivity contribution is -0.115. The Bertz CT molecular complexity index is 717. The summed E-state index contributed by atoms with van der Waals surface area (Å²) in [6.07, 6.45) is 3.77. The minimum absolute atomic E-state index is 0.144. The first-order valence-electron chi connectivity index (χ1n) is 6.76. The SMILES string of the molecule is COC(=O)c1cccc(NC(=O)Cc2ccncc2)c1NC=O. The van der Waals surface area contributed by atoms with E-state index in [9.17, 15) is 14.4 Å². The number of hydrogen-bond acceptors (Lipinski definition) is 5. The second-order valence-corrected chi connectivity index (χ2v) is 4.56. The van der Waals surface area contributed by atoms with Crippen molar-refractivity contribution in [3.05, 3.63) is 53.9 Å². The van der Waals surface area contributed by atoms with E-state index < -0.39 is 5.97 Å². The van der Waals surface area contributed by atoms with E-state index in [1.165, 1.54) is 13.2 Å². The summed E-state index contributed by atoms with van der Waals surface area (Å²) in [6.45, 7) is 0. The molecule has 0 radical (unpaired) electrons. The molecule has 2 aromatic rings. The highest BCUT2D eigenvalue weighted by atomic mass is 16.5. The van der Waals surface area contributed by atoms with Crippen LogP contribution >= 0.6 is 0 Å². The maximum atomic E-state index is 12.1. The highest BCUT2D eigenvalue weighted by molar-refractivity contribution is 6.05. The van der Waals surface area contributed by atoms with E-state index in [2.05, 4.69) is 20.4 Å². The van der Waals surface area contributed by atoms with Gasteiger partial charge in [-0.3, -0.25) is 14.6 Å². The van der Waals surface area contributed by atoms with Crippen molar-refractivity contribution in [3.8, 4) is 0 Å². The van der Waals surface area contributed by atoms with E-state index >= 15 is 0 Å². The van der Waals surface area contributed by atoms with Crippen LogP contribution in [0.2, 0.25) is 0 Å². The third-order valence-corrected chi connectivity index (χ3v) is 3.06. The summed E-state index contributed by atoms with van der Waals surface area (Å²) in [7, 11) is 1.24. The van der Waals surface area contributed by atoms with Gasteiger partial charge in [-0.15, -0.1) is 0 Å². The number of esters is 1. The summed E-state index contributed by atoms with van der Waals surface area (Å²) in [4.78, 5) is 38.5. The van der Waals surface area contributed by atoms with Crippen LogP contribution in [0, 0.1) is 0 Å². The molecule has 0 saturated heterocycles. The average molecular weight is 313 g/mol. The van der Waals surface area contributed by atoms with Crippen LogP contribution in [0.15, 0.2) is 42.7 Å². The highest BCUT2D eigenvalue weighted by Crippen LogP contribution is 2.26. The molecule has 0 aliphatic carbocycles. The molecule has 0 aliphatic rings. The molecule has 0 atom stereocenters. The fourth-order valence-corrected chi connectivity index (χ4v) is 2.03. The van der Waals surface area contributed by atoms with Gasteiger partial charge in [-0.25, -0.2) is 4.79 Å². The van der Waals surface area contributed by atoms with Gasteiger partial charge >= 0.3 is 5.97 Å². The van der Waals surface area contributed by atoms with Crippen molar-refractivity contribution in [1.29, 1.82) is 0 Å². The molecule has 2 amide bonds. The van der Waals surface area contributed by atoms with Crippen LogP contribution in [-0.4, -0.2) is 30.4 Å². The van der Waals surface area contributed by atoms with Crippen molar-refractivity contribution in [3.63, 3.8) is 0 Å². The molecular formula is C16H15N3O4. The van der Waals surface area contributed by atoms with E-state index in [-0.39, 0.29) is 23.6 Å². The van der Waals surface area contributed by atoms with Crippen molar-refractivity contribution >= 4 is 29.7 Å². The zero-order valence-corrected chi connectivity index (χ0v) is 12.4. The number of rotatable bonds is 6. The van der Waals surface area contributed by atoms with Gasteiger partial charge in [0.25, 0.3) is 0 Å². The molecule has 1 aromatic carbocycles. The number of pyridine rings is 1. The maximum absolute atomic E-state index is 12.1. The number of benzene rings is 1. The van der Waals surface area contributed by atoms with Crippen LogP contribution in [0.5, 0.6) is 0 Å². The molecule has 23 heavy (non-hydrogen) atoms. The molecular weight excluding hydrogens is 298 g/mol. The van der Waals surface area contributed by atoms with Crippen molar-refractivity contribution in [1.82, 2.24) is 4.98 Å². The van der Waals surface area contributed by atoms with E-state index in [4.69, 9.17) is 0 Å². The second kappa shape index (κ2) is 7.69. The van der Waals surface area contributed by atoms with Crippen LogP contribution in [0.3, 0.4) is 0 Å². The Kier molecular flexibility index (Phi) is 5.40. The predicted octanol–water partition coefficient (Wildman–Crippen LogP) is 1.62. The number of nitrogens with zero attached hydrogens (tertiary/aromatic N) is 1. The minimum Gasteiger partial charge on any atom is -0.465 e. The Morgan fingerprint density at radius 1 is 1.22 bits per heavy atom. The quantitative estimate of drug-likeness (QED) is 0.624. The van der Waals surface area contributed by atoms with Crippen molar-refractivity contribution in [2.24, 2.45) is 0 Å². The summed E-state index contributed by atoms with van der Waals surface area (Å²) in [5.74, 6) is -0.897. The molecule has 2 N–H and O–H groups in total. The lowest BCUT2D eigenvalue weighted by Gasteiger charge is -2.13. The first-order chi connectivity index (χ1) is 11.2. The molecule has 0 aliphatic heterocycles. The van der Waals surface area contributed by atoms with E-state index in [0.717, 1.165) is 5.56 Å². The van der Waals surface area contributed by atoms with E-state index in [1.807, 2.05) is 0 Å². The van der Waals surface area contributed by atoms with Gasteiger partial charge in [-0.1, -0.05) is 6.07 Å². The molecule has 7 nitrogen and oxygen atoms in total. The van der Waals surface area contributed by atoms with Crippen LogP contribution in [0.1, 0.15) is 15.9 Å². The smallest absolute Gasteiger partial charge is 0.340 e. The Labute approximate surface area is 132 Å². The summed E-state index contributed by atoms with van der Waals surface area (Å²) < 4.78 is 4.66. The molecule has 0 spiro atoms. The topological polar surface area (TPSA) is 97.4 Å². The fourth-order valence-electron chi connectivity index (χ4n) is 2.03. The fraction of sp³-hybridized carbons (Fsp3) is 0.125. The molecule has 1 aromatic heterocycles. The van der Waals surface area contributed by atoms with Gasteiger partial charge in [0.05, 0.1) is 30.5 Å². The largest absolute Gasteiger partial charge is 0.465 e. The van der Waals surface area contributed by atoms with Gasteiger partial charge in [0.1, 0.15) is 0 Å². The molecule has 7 heteroatoms. The molecule has 2 rings (SSSR count). The molecule has 0 bridgehead atoms. The zero-order chi connectivity index (χ0) is 16.7. The van der Waals surface area contributed by atoms with Gasteiger partial charge in [0.15, 0.2) is 0 Å². The van der Waals surface area contributed by atoms with Crippen LogP contribution < -0.4 is 10.6 Å². The van der Waals surface area contributed by atoms with Gasteiger partial charge in [-0.2, -0.15) is 0 Å². The number of carbonyl (C=O) groups is 3. The first kappa shape index (κ1) is 16.2. The molecule has 0 saturated carbocycles. The molecule has 0 unspecified atom stereocenters. The first-order valence-corrected chi connectivity index (χ1v) is 6.76. The third-order valence-electron chi connectivity index (χ3n) is 3.06. The lowest BCUT2D eigenvalue weighted by Crippen LogP contribution is -2.17. The number of aromatic nitrogens is 1. The number of amides is 2. The number of carbonyl (C=O) groups excluding carboxylic acids is 3. The van der Waals surface area contributed by atoms with Crippen LogP contribution in [0.25, 0.3) is 0 Å². The Balaban J connectivity index is 2.23. The lowest BCUT2D eigenvalue weighted by atomic mass is 10.1. The third kappa shape index (κ3) is 4.13. The van der Waals surface area contributed by atoms with Gasteiger partial charge in [-0.05, 0) is 29.8 Å². The van der Waals surface area contributed by atoms with E-state index in [0.29, 0.717) is 12.1 Å². The maximum Gasteiger partial charge on any atom is 0.340 e. The number of ether oxygens (including phenoxy) is 1. The van der Waals surface area contributed by atoms with Gasteiger partial charge in [0, 0.05) is 12.4 Å². The number of anilines is 2. The number of methoxy groups -OCH3 is 1. The summed E-state index contributed by atoms with van der Waals surface area (Å²) in [5.41, 5.74) is 1.46. The summed E-state index contributed by atoms with van der Waals surface area (Å²) in [5, 5.41) is 5.10. The number of hydrogen-bond donors (Lipinski definition) is 2. The van der Waals surface area contributed by atoms with Crippen molar-refractivity contribution in [2.75, 3.05) is 17.7 Å². The van der Waals surface area contributed by atoms with Gasteiger partial charge in [0.2, 0.25) is 12.3 Å². The standard InChI is InChI=1S/C16H15N3O4/c1-23-16(22)12-3-2-4-13(15(12)18-10-20)19-14(21)9-11-5-7-17-8-6-11/h2-8,10H,9H2,1H3,(H,18,20)(H,19,21). The predicted molar refractivity (Wildman–Crippen MR) is 84.0 cm³/mol. The second-order valence-electron chi connectivity index (χ2n) is 4.56. The minimum atomic E-state index is -0.611. The summed E-state index contributed by atoms with van der Waals surface area (Å²) >= 11 is 0. The normalized spacial score (nSPS) is 9.78. The summed E-state index contributed by atoms with van der Waals surface area (Å²) in [6, 6.07) is 8.13.